The highest BCUT2D eigenvalue weighted by molar-refractivity contribution is 6.00. The van der Waals surface area contributed by atoms with E-state index in [-0.39, 0.29) is 30.0 Å². The Bertz CT molecular complexity index is 1150. The van der Waals surface area contributed by atoms with Gasteiger partial charge in [-0.2, -0.15) is 0 Å². The van der Waals surface area contributed by atoms with Crippen LogP contribution in [-0.4, -0.2) is 49.1 Å². The maximum Gasteiger partial charge on any atom is 0.343 e. The highest BCUT2D eigenvalue weighted by Crippen LogP contribution is 2.39. The fraction of sp³-hybridized carbons (Fsp3) is 0.500. The van der Waals surface area contributed by atoms with E-state index in [1.54, 1.807) is 24.3 Å². The third-order valence-electron chi connectivity index (χ3n) is 6.59. The number of ketones is 2. The summed E-state index contributed by atoms with van der Waals surface area (Å²) in [6, 6.07) is 6.77. The maximum absolute atomic E-state index is 12.9. The standard InChI is InChI=1S/C30H38O8/c1-5-9-23-26(14-12-21(19(3)31)29(23)34)36-16-8-7-11-20-17-25(32)22-13-15-27(37-18-28(33)35-4)24(10-6-2)30(22)38-20/h12-15,20,34H,5-11,16-18H2,1-4H3. The van der Waals surface area contributed by atoms with Crippen LogP contribution in [0.4, 0.5) is 0 Å². The molecular formula is C30H38O8. The number of benzene rings is 2. The summed E-state index contributed by atoms with van der Waals surface area (Å²) in [6.07, 6.45) is 5.18. The van der Waals surface area contributed by atoms with Crippen molar-refractivity contribution in [3.8, 4) is 23.0 Å². The van der Waals surface area contributed by atoms with Gasteiger partial charge in [-0.25, -0.2) is 4.79 Å². The number of phenolic OH excluding ortho intramolecular Hbond substituents is 1. The quantitative estimate of drug-likeness (QED) is 0.192. The Morgan fingerprint density at radius 1 is 1.00 bits per heavy atom. The number of carbonyl (C=O) groups is 3. The molecule has 1 N–H and O–H groups in total. The number of unbranched alkanes of at least 4 members (excludes halogenated alkanes) is 1. The van der Waals surface area contributed by atoms with Gasteiger partial charge in [-0.1, -0.05) is 26.7 Å². The first kappa shape index (κ1) is 29.0. The fourth-order valence-corrected chi connectivity index (χ4v) is 4.65. The second kappa shape index (κ2) is 13.8. The number of Topliss-reactive ketones (excluding diaryl/α,β-unsaturated/α-hetero) is 2. The first-order valence-corrected chi connectivity index (χ1v) is 13.3. The minimum atomic E-state index is -0.478. The van der Waals surface area contributed by atoms with Gasteiger partial charge in [0.05, 0.1) is 24.8 Å². The van der Waals surface area contributed by atoms with E-state index in [4.69, 9.17) is 14.2 Å². The molecule has 0 saturated heterocycles. The first-order chi connectivity index (χ1) is 18.3. The van der Waals surface area contributed by atoms with Gasteiger partial charge in [0.2, 0.25) is 0 Å². The van der Waals surface area contributed by atoms with Gasteiger partial charge < -0.3 is 24.1 Å². The number of fused-ring (bicyclic) bond motifs is 1. The van der Waals surface area contributed by atoms with Crippen LogP contribution in [-0.2, 0) is 22.4 Å². The number of hydrogen-bond acceptors (Lipinski definition) is 8. The molecule has 0 spiro atoms. The largest absolute Gasteiger partial charge is 0.507 e. The predicted molar refractivity (Wildman–Crippen MR) is 143 cm³/mol. The van der Waals surface area contributed by atoms with Gasteiger partial charge in [0.25, 0.3) is 0 Å². The van der Waals surface area contributed by atoms with Gasteiger partial charge in [-0.05, 0) is 63.3 Å². The molecule has 0 radical (unpaired) electrons. The topological polar surface area (TPSA) is 108 Å². The SMILES string of the molecule is CCCc1c(OCCCCC2CC(=O)c3ccc(OCC(=O)OC)c(CCC)c3O2)ccc(C(C)=O)c1O. The summed E-state index contributed by atoms with van der Waals surface area (Å²) in [4.78, 5) is 36.2. The molecule has 0 aliphatic carbocycles. The molecule has 1 unspecified atom stereocenters. The Morgan fingerprint density at radius 2 is 1.68 bits per heavy atom. The lowest BCUT2D eigenvalue weighted by Crippen LogP contribution is -2.28. The van der Waals surface area contributed by atoms with Crippen molar-refractivity contribution in [2.24, 2.45) is 0 Å². The number of ether oxygens (including phenoxy) is 4. The molecule has 0 saturated carbocycles. The molecule has 1 heterocycles. The van der Waals surface area contributed by atoms with E-state index >= 15 is 0 Å². The van der Waals surface area contributed by atoms with E-state index in [0.29, 0.717) is 66.2 Å². The number of esters is 1. The molecule has 206 valence electrons. The Balaban J connectivity index is 1.61. The summed E-state index contributed by atoms with van der Waals surface area (Å²) >= 11 is 0. The zero-order valence-corrected chi connectivity index (χ0v) is 22.8. The van der Waals surface area contributed by atoms with E-state index in [0.717, 1.165) is 31.2 Å². The van der Waals surface area contributed by atoms with Crippen molar-refractivity contribution in [3.63, 3.8) is 0 Å². The molecule has 2 aromatic carbocycles. The molecule has 3 rings (SSSR count). The van der Waals surface area contributed by atoms with Crippen LogP contribution in [0.15, 0.2) is 24.3 Å². The number of rotatable bonds is 14. The lowest BCUT2D eigenvalue weighted by atomic mass is 9.94. The Labute approximate surface area is 224 Å². The van der Waals surface area contributed by atoms with E-state index < -0.39 is 5.97 Å². The Morgan fingerprint density at radius 3 is 2.37 bits per heavy atom. The Hall–Kier alpha value is -3.55. The normalized spacial score (nSPS) is 14.4. The van der Waals surface area contributed by atoms with Gasteiger partial charge >= 0.3 is 5.97 Å². The molecule has 8 heteroatoms. The molecule has 1 aliphatic heterocycles. The average Bonchev–Trinajstić information content (AvgIpc) is 2.89. The van der Waals surface area contributed by atoms with E-state index in [2.05, 4.69) is 4.74 Å². The maximum atomic E-state index is 12.9. The van der Waals surface area contributed by atoms with Crippen LogP contribution in [0, 0.1) is 0 Å². The summed E-state index contributed by atoms with van der Waals surface area (Å²) in [5.74, 6) is 1.05. The monoisotopic (exact) mass is 526 g/mol. The number of carbonyl (C=O) groups excluding carboxylic acids is 3. The van der Waals surface area contributed by atoms with Crippen LogP contribution in [0.25, 0.3) is 0 Å². The highest BCUT2D eigenvalue weighted by atomic mass is 16.6. The summed E-state index contributed by atoms with van der Waals surface area (Å²) in [5, 5.41) is 10.5. The number of phenols is 1. The first-order valence-electron chi connectivity index (χ1n) is 13.3. The van der Waals surface area contributed by atoms with E-state index in [1.807, 2.05) is 13.8 Å². The van der Waals surface area contributed by atoms with Crippen molar-refractivity contribution in [3.05, 3.63) is 46.5 Å². The fourth-order valence-electron chi connectivity index (χ4n) is 4.65. The molecule has 8 nitrogen and oxygen atoms in total. The van der Waals surface area contributed by atoms with Crippen molar-refractivity contribution in [1.82, 2.24) is 0 Å². The minimum absolute atomic E-state index is 0.00227. The molecule has 0 amide bonds. The van der Waals surface area contributed by atoms with E-state index in [9.17, 15) is 19.5 Å². The third kappa shape index (κ3) is 7.05. The van der Waals surface area contributed by atoms with Crippen molar-refractivity contribution >= 4 is 17.5 Å². The van der Waals surface area contributed by atoms with Crippen LogP contribution < -0.4 is 14.2 Å². The smallest absolute Gasteiger partial charge is 0.343 e. The lowest BCUT2D eigenvalue weighted by Gasteiger charge is -2.28. The van der Waals surface area contributed by atoms with Crippen LogP contribution in [0.5, 0.6) is 23.0 Å². The van der Waals surface area contributed by atoms with Gasteiger partial charge in [0.1, 0.15) is 29.1 Å². The number of aromatic hydroxyl groups is 1. The summed E-state index contributed by atoms with van der Waals surface area (Å²) < 4.78 is 22.6. The summed E-state index contributed by atoms with van der Waals surface area (Å²) in [5.41, 5.74) is 2.32. The number of methoxy groups -OCH3 is 1. The van der Waals surface area contributed by atoms with Crippen LogP contribution >= 0.6 is 0 Å². The van der Waals surface area contributed by atoms with Crippen molar-refractivity contribution in [1.29, 1.82) is 0 Å². The summed E-state index contributed by atoms with van der Waals surface area (Å²) in [6.45, 7) is 5.71. The molecule has 2 aromatic rings. The molecule has 38 heavy (non-hydrogen) atoms. The predicted octanol–water partition coefficient (Wildman–Crippen LogP) is 5.63. The van der Waals surface area contributed by atoms with E-state index in [1.165, 1.54) is 14.0 Å². The number of hydrogen-bond donors (Lipinski definition) is 1. The molecule has 1 atom stereocenters. The third-order valence-corrected chi connectivity index (χ3v) is 6.59. The zero-order valence-electron chi connectivity index (χ0n) is 22.8. The van der Waals surface area contributed by atoms with Gasteiger partial charge in [0.15, 0.2) is 18.2 Å². The minimum Gasteiger partial charge on any atom is -0.507 e. The second-order valence-electron chi connectivity index (χ2n) is 9.49. The Kier molecular flexibility index (Phi) is 10.6. The molecule has 0 aromatic heterocycles. The zero-order chi connectivity index (χ0) is 27.7. The van der Waals surface area contributed by atoms with Gasteiger partial charge in [-0.15, -0.1) is 0 Å². The van der Waals surface area contributed by atoms with Crippen LogP contribution in [0.2, 0.25) is 0 Å². The van der Waals surface area contributed by atoms with Gasteiger partial charge in [0, 0.05) is 17.5 Å². The average molecular weight is 527 g/mol. The molecule has 0 fully saturated rings. The van der Waals surface area contributed by atoms with Crippen LogP contribution in [0.3, 0.4) is 0 Å². The van der Waals surface area contributed by atoms with Crippen molar-refractivity contribution in [2.75, 3.05) is 20.3 Å². The molecule has 0 bridgehead atoms. The molecular weight excluding hydrogens is 488 g/mol. The van der Waals surface area contributed by atoms with Crippen molar-refractivity contribution in [2.45, 2.75) is 78.2 Å². The summed E-state index contributed by atoms with van der Waals surface area (Å²) in [7, 11) is 1.31. The highest BCUT2D eigenvalue weighted by Gasteiger charge is 2.30. The van der Waals surface area contributed by atoms with Gasteiger partial charge in [-0.3, -0.25) is 9.59 Å². The lowest BCUT2D eigenvalue weighted by molar-refractivity contribution is -0.142. The second-order valence-corrected chi connectivity index (χ2v) is 9.49. The molecule has 1 aliphatic rings. The van der Waals surface area contributed by atoms with Crippen molar-refractivity contribution < 1.29 is 38.4 Å². The van der Waals surface area contributed by atoms with Crippen LogP contribution in [0.1, 0.15) is 91.1 Å².